The van der Waals surface area contributed by atoms with E-state index in [0.29, 0.717) is 0 Å². The number of nitro groups is 1. The van der Waals surface area contributed by atoms with E-state index in [1.807, 2.05) is 0 Å². The highest BCUT2D eigenvalue weighted by Gasteiger charge is 2.18. The molecule has 0 heterocycles. The summed E-state index contributed by atoms with van der Waals surface area (Å²) in [6, 6.07) is 3.26. The molecule has 1 aromatic carbocycles. The molecule has 6 nitrogen and oxygen atoms in total. The number of aliphatic carboxylic acids is 1. The number of hydrogen-bond acceptors (Lipinski definition) is 4. The summed E-state index contributed by atoms with van der Waals surface area (Å²) in [6.07, 6.45) is 0. The van der Waals surface area contributed by atoms with Gasteiger partial charge in [-0.1, -0.05) is 6.92 Å². The molecule has 0 spiro atoms. The first-order chi connectivity index (χ1) is 8.32. The highest BCUT2D eigenvalue weighted by Crippen LogP contribution is 2.23. The molecule has 0 bridgehead atoms. The van der Waals surface area contributed by atoms with E-state index in [-0.39, 0.29) is 17.9 Å². The smallest absolute Gasteiger partial charge is 0.308 e. The Kier molecular flexibility index (Phi) is 4.19. The lowest BCUT2D eigenvalue weighted by atomic mass is 10.1. The molecule has 0 radical (unpaired) electrons. The topological polar surface area (TPSA) is 83.7 Å². The number of rotatable bonds is 5. The highest BCUT2D eigenvalue weighted by atomic mass is 19.1. The second-order valence-corrected chi connectivity index (χ2v) is 4.01. The third-order valence-corrected chi connectivity index (χ3v) is 2.52. The first-order valence-electron chi connectivity index (χ1n) is 5.20. The Morgan fingerprint density at radius 3 is 2.67 bits per heavy atom. The predicted molar refractivity (Wildman–Crippen MR) is 63.1 cm³/mol. The first-order valence-corrected chi connectivity index (χ1v) is 5.20. The van der Waals surface area contributed by atoms with E-state index in [1.165, 1.54) is 31.0 Å². The van der Waals surface area contributed by atoms with Gasteiger partial charge in [-0.3, -0.25) is 14.9 Å². The average molecular weight is 256 g/mol. The number of carboxylic acid groups (broad SMARTS) is 1. The number of non-ortho nitro benzene ring substituents is 1. The molecule has 1 N–H and O–H groups in total. The largest absolute Gasteiger partial charge is 0.481 e. The fourth-order valence-corrected chi connectivity index (χ4v) is 1.51. The summed E-state index contributed by atoms with van der Waals surface area (Å²) < 4.78 is 13.6. The van der Waals surface area contributed by atoms with Gasteiger partial charge in [0.05, 0.1) is 22.6 Å². The lowest BCUT2D eigenvalue weighted by Gasteiger charge is -2.21. The van der Waals surface area contributed by atoms with E-state index >= 15 is 0 Å². The van der Waals surface area contributed by atoms with Crippen molar-refractivity contribution in [3.05, 3.63) is 34.1 Å². The molecule has 1 aromatic rings. The minimum atomic E-state index is -0.982. The molecule has 1 rings (SSSR count). The van der Waals surface area contributed by atoms with E-state index < -0.39 is 22.6 Å². The Labute approximate surface area is 103 Å². The number of nitro benzene ring substituents is 1. The maximum Gasteiger partial charge on any atom is 0.308 e. The van der Waals surface area contributed by atoms with Crippen molar-refractivity contribution in [2.45, 2.75) is 6.92 Å². The van der Waals surface area contributed by atoms with Crippen LogP contribution in [0.5, 0.6) is 0 Å². The van der Waals surface area contributed by atoms with Crippen LogP contribution in [0.15, 0.2) is 18.2 Å². The molecule has 0 aromatic heterocycles. The van der Waals surface area contributed by atoms with E-state index in [1.54, 1.807) is 0 Å². The Bertz CT molecular complexity index is 478. The van der Waals surface area contributed by atoms with Crippen LogP contribution in [0.1, 0.15) is 6.92 Å². The number of carbonyl (C=O) groups is 1. The van der Waals surface area contributed by atoms with Crippen molar-refractivity contribution in [1.29, 1.82) is 0 Å². The second kappa shape index (κ2) is 5.44. The van der Waals surface area contributed by atoms with Gasteiger partial charge in [0, 0.05) is 19.7 Å². The van der Waals surface area contributed by atoms with Crippen LogP contribution in [0.2, 0.25) is 0 Å². The van der Waals surface area contributed by atoms with Crippen molar-refractivity contribution in [2.75, 3.05) is 18.5 Å². The van der Waals surface area contributed by atoms with E-state index in [4.69, 9.17) is 5.11 Å². The molecule has 0 aliphatic carbocycles. The molecule has 0 aliphatic rings. The van der Waals surface area contributed by atoms with Gasteiger partial charge in [-0.2, -0.15) is 0 Å². The summed E-state index contributed by atoms with van der Waals surface area (Å²) in [6.45, 7) is 1.62. The maximum absolute atomic E-state index is 13.6. The lowest BCUT2D eigenvalue weighted by Crippen LogP contribution is -2.29. The van der Waals surface area contributed by atoms with Crippen molar-refractivity contribution in [3.8, 4) is 0 Å². The Hall–Kier alpha value is -2.18. The second-order valence-electron chi connectivity index (χ2n) is 4.01. The molecule has 18 heavy (non-hydrogen) atoms. The number of anilines is 1. The molecule has 0 saturated heterocycles. The van der Waals surface area contributed by atoms with Crippen molar-refractivity contribution < 1.29 is 19.2 Å². The Morgan fingerprint density at radius 2 is 2.22 bits per heavy atom. The number of hydrogen-bond donors (Lipinski definition) is 1. The predicted octanol–water partition coefficient (Wildman–Crippen LogP) is 1.89. The van der Waals surface area contributed by atoms with Gasteiger partial charge in [0.25, 0.3) is 5.69 Å². The van der Waals surface area contributed by atoms with Gasteiger partial charge >= 0.3 is 5.97 Å². The first kappa shape index (κ1) is 13.9. The summed E-state index contributed by atoms with van der Waals surface area (Å²) in [5.41, 5.74) is -0.204. The summed E-state index contributed by atoms with van der Waals surface area (Å²) in [5, 5.41) is 19.2. The van der Waals surface area contributed by atoms with E-state index in [9.17, 15) is 19.3 Å². The maximum atomic E-state index is 13.6. The SMILES string of the molecule is CC(CN(C)c1ccc([N+](=O)[O-])cc1F)C(=O)O. The standard InChI is InChI=1S/C11H13FN2O4/c1-7(11(15)16)6-13(2)10-4-3-8(14(17)18)5-9(10)12/h3-5,7H,6H2,1-2H3,(H,15,16). The van der Waals surface area contributed by atoms with E-state index in [0.717, 1.165) is 6.07 Å². The molecule has 1 unspecified atom stereocenters. The summed E-state index contributed by atoms with van der Waals surface area (Å²) in [4.78, 5) is 21.9. The number of halogens is 1. The van der Waals surface area contributed by atoms with Crippen LogP contribution >= 0.6 is 0 Å². The van der Waals surface area contributed by atoms with Gasteiger partial charge in [-0.15, -0.1) is 0 Å². The quantitative estimate of drug-likeness (QED) is 0.642. The highest BCUT2D eigenvalue weighted by molar-refractivity contribution is 5.70. The Morgan fingerprint density at radius 1 is 1.61 bits per heavy atom. The zero-order chi connectivity index (χ0) is 13.9. The summed E-state index contributed by atoms with van der Waals surface area (Å²) >= 11 is 0. The minimum Gasteiger partial charge on any atom is -0.481 e. The van der Waals surface area contributed by atoms with Gasteiger partial charge in [-0.25, -0.2) is 4.39 Å². The van der Waals surface area contributed by atoms with Gasteiger partial charge in [-0.05, 0) is 6.07 Å². The molecule has 98 valence electrons. The molecular weight excluding hydrogens is 243 g/mol. The molecular formula is C11H13FN2O4. The fraction of sp³-hybridized carbons (Fsp3) is 0.364. The van der Waals surface area contributed by atoms with Crippen LogP contribution in [0.4, 0.5) is 15.8 Å². The summed E-state index contributed by atoms with van der Waals surface area (Å²) in [5.74, 6) is -2.39. The molecule has 1 atom stereocenters. The van der Waals surface area contributed by atoms with Crippen LogP contribution in [0, 0.1) is 21.8 Å². The van der Waals surface area contributed by atoms with Crippen LogP contribution in [-0.4, -0.2) is 29.6 Å². The van der Waals surface area contributed by atoms with Gasteiger partial charge in [0.15, 0.2) is 5.82 Å². The summed E-state index contributed by atoms with van der Waals surface area (Å²) in [7, 11) is 1.53. The van der Waals surface area contributed by atoms with Crippen molar-refractivity contribution >= 4 is 17.3 Å². The van der Waals surface area contributed by atoms with Crippen LogP contribution in [0.25, 0.3) is 0 Å². The monoisotopic (exact) mass is 256 g/mol. The zero-order valence-electron chi connectivity index (χ0n) is 9.96. The van der Waals surface area contributed by atoms with Gasteiger partial charge in [0.2, 0.25) is 0 Å². The third-order valence-electron chi connectivity index (χ3n) is 2.52. The molecule has 0 aliphatic heterocycles. The fourth-order valence-electron chi connectivity index (χ4n) is 1.51. The van der Waals surface area contributed by atoms with Crippen LogP contribution in [-0.2, 0) is 4.79 Å². The molecule has 0 amide bonds. The minimum absolute atomic E-state index is 0.115. The number of nitrogens with zero attached hydrogens (tertiary/aromatic N) is 2. The normalized spacial score (nSPS) is 11.9. The van der Waals surface area contributed by atoms with Crippen molar-refractivity contribution in [2.24, 2.45) is 5.92 Å². The Balaban J connectivity index is 2.90. The van der Waals surface area contributed by atoms with Crippen molar-refractivity contribution in [3.63, 3.8) is 0 Å². The van der Waals surface area contributed by atoms with Gasteiger partial charge in [0.1, 0.15) is 0 Å². The van der Waals surface area contributed by atoms with Crippen LogP contribution < -0.4 is 4.90 Å². The molecule has 0 fully saturated rings. The van der Waals surface area contributed by atoms with E-state index in [2.05, 4.69) is 0 Å². The average Bonchev–Trinajstić information content (AvgIpc) is 2.28. The molecule has 7 heteroatoms. The third kappa shape index (κ3) is 3.16. The van der Waals surface area contributed by atoms with Crippen molar-refractivity contribution in [1.82, 2.24) is 0 Å². The zero-order valence-corrected chi connectivity index (χ0v) is 9.96. The number of benzene rings is 1. The van der Waals surface area contributed by atoms with Crippen LogP contribution in [0.3, 0.4) is 0 Å². The van der Waals surface area contributed by atoms with Gasteiger partial charge < -0.3 is 10.0 Å². The molecule has 0 saturated carbocycles. The lowest BCUT2D eigenvalue weighted by molar-refractivity contribution is -0.385. The number of carboxylic acids is 1.